The lowest BCUT2D eigenvalue weighted by atomic mass is 9.66. The van der Waals surface area contributed by atoms with Crippen molar-refractivity contribution in [3.05, 3.63) is 36.0 Å². The summed E-state index contributed by atoms with van der Waals surface area (Å²) >= 11 is 0. The molecule has 0 heterocycles. The van der Waals surface area contributed by atoms with E-state index in [0.29, 0.717) is 30.0 Å². The Kier molecular flexibility index (Phi) is 8.12. The first-order valence-electron chi connectivity index (χ1n) is 9.91. The first-order valence-corrected chi connectivity index (χ1v) is 13.6. The van der Waals surface area contributed by atoms with E-state index in [4.69, 9.17) is 0 Å². The molecule has 0 N–H and O–H groups in total. The molecule has 0 aromatic heterocycles. The molecule has 1 saturated carbocycles. The molecule has 0 saturated heterocycles. The number of carbonyl (C=O) groups excluding carboxylic acids is 1. The standard InChI is InChI=1S/C23H40OSi/c1-16(2)11-10-12-18(5)22(15-25(7,8)9)21-13-20(17(3)4)14-23(24)19(21)6/h11,19-22H,3,5,10,12-15H2,1-2,4,6-9H3. The van der Waals surface area contributed by atoms with E-state index in [1.165, 1.54) is 22.8 Å². The molecule has 1 aliphatic carbocycles. The maximum atomic E-state index is 12.6. The van der Waals surface area contributed by atoms with Crippen LogP contribution >= 0.6 is 0 Å². The molecule has 142 valence electrons. The molecule has 0 aliphatic heterocycles. The number of rotatable bonds is 8. The van der Waals surface area contributed by atoms with Crippen LogP contribution in [-0.4, -0.2) is 13.9 Å². The lowest BCUT2D eigenvalue weighted by Gasteiger charge is -2.41. The van der Waals surface area contributed by atoms with E-state index in [1.807, 2.05) is 0 Å². The van der Waals surface area contributed by atoms with Crippen molar-refractivity contribution in [3.63, 3.8) is 0 Å². The van der Waals surface area contributed by atoms with Crippen LogP contribution < -0.4 is 0 Å². The minimum absolute atomic E-state index is 0.164. The van der Waals surface area contributed by atoms with Gasteiger partial charge in [0.1, 0.15) is 5.78 Å². The van der Waals surface area contributed by atoms with Gasteiger partial charge < -0.3 is 0 Å². The highest BCUT2D eigenvalue weighted by molar-refractivity contribution is 6.76. The summed E-state index contributed by atoms with van der Waals surface area (Å²) in [5, 5.41) is 0. The number of hydrogen-bond acceptors (Lipinski definition) is 1. The molecule has 0 radical (unpaired) electrons. The average Bonchev–Trinajstić information content (AvgIpc) is 2.46. The first kappa shape index (κ1) is 22.1. The highest BCUT2D eigenvalue weighted by Crippen LogP contribution is 2.44. The second kappa shape index (κ2) is 9.16. The molecule has 1 nitrogen and oxygen atoms in total. The number of hydrogen-bond donors (Lipinski definition) is 0. The third-order valence-corrected chi connectivity index (χ3v) is 7.41. The minimum Gasteiger partial charge on any atom is -0.299 e. The zero-order valence-electron chi connectivity index (χ0n) is 17.7. The summed E-state index contributed by atoms with van der Waals surface area (Å²) in [4.78, 5) is 12.6. The third-order valence-electron chi connectivity index (χ3n) is 5.74. The lowest BCUT2D eigenvalue weighted by molar-refractivity contribution is -0.128. The van der Waals surface area contributed by atoms with E-state index >= 15 is 0 Å². The SMILES string of the molecule is C=C(C)C1CC(=O)C(C)C(C(C[Si](C)(C)C)C(=C)CCC=C(C)C)C1. The van der Waals surface area contributed by atoms with Crippen molar-refractivity contribution in [1.82, 2.24) is 0 Å². The Labute approximate surface area is 157 Å². The van der Waals surface area contributed by atoms with Gasteiger partial charge in [-0.2, -0.15) is 0 Å². The maximum Gasteiger partial charge on any atom is 0.136 e. The molecule has 1 fully saturated rings. The van der Waals surface area contributed by atoms with Crippen LogP contribution in [0.25, 0.3) is 0 Å². The third kappa shape index (κ3) is 7.09. The largest absolute Gasteiger partial charge is 0.299 e. The molecule has 4 atom stereocenters. The smallest absolute Gasteiger partial charge is 0.136 e. The van der Waals surface area contributed by atoms with Gasteiger partial charge in [-0.1, -0.05) is 68.6 Å². The van der Waals surface area contributed by atoms with Gasteiger partial charge in [0.05, 0.1) is 0 Å². The van der Waals surface area contributed by atoms with Crippen molar-refractivity contribution in [1.29, 1.82) is 0 Å². The quantitative estimate of drug-likeness (QED) is 0.335. The molecule has 0 spiro atoms. The van der Waals surface area contributed by atoms with Gasteiger partial charge in [-0.25, -0.2) is 0 Å². The molecule has 1 aliphatic rings. The van der Waals surface area contributed by atoms with Gasteiger partial charge in [-0.3, -0.25) is 4.79 Å². The molecular formula is C23H40OSi. The topological polar surface area (TPSA) is 17.1 Å². The number of Topliss-reactive ketones (excluding diaryl/α,β-unsaturated/α-hetero) is 1. The zero-order valence-corrected chi connectivity index (χ0v) is 18.7. The van der Waals surface area contributed by atoms with E-state index in [9.17, 15) is 4.79 Å². The van der Waals surface area contributed by atoms with Crippen LogP contribution in [0, 0.1) is 23.7 Å². The normalized spacial score (nSPS) is 25.4. The van der Waals surface area contributed by atoms with Crippen molar-refractivity contribution >= 4 is 13.9 Å². The second-order valence-corrected chi connectivity index (χ2v) is 15.3. The molecule has 0 aromatic carbocycles. The Bertz CT molecular complexity index is 531. The Hall–Kier alpha value is -0.893. The number of ketones is 1. The number of allylic oxidation sites excluding steroid dienone is 4. The second-order valence-electron chi connectivity index (χ2n) is 9.75. The fourth-order valence-corrected chi connectivity index (χ4v) is 6.07. The fourth-order valence-electron chi connectivity index (χ4n) is 4.16. The van der Waals surface area contributed by atoms with E-state index < -0.39 is 8.07 Å². The van der Waals surface area contributed by atoms with Gasteiger partial charge in [0.25, 0.3) is 0 Å². The summed E-state index contributed by atoms with van der Waals surface area (Å²) in [6.45, 7) is 24.5. The van der Waals surface area contributed by atoms with Crippen molar-refractivity contribution in [2.75, 3.05) is 0 Å². The van der Waals surface area contributed by atoms with Gasteiger partial charge in [0.2, 0.25) is 0 Å². The predicted octanol–water partition coefficient (Wildman–Crippen LogP) is 7.05. The summed E-state index contributed by atoms with van der Waals surface area (Å²) < 4.78 is 0. The molecule has 0 bridgehead atoms. The Morgan fingerprint density at radius 2 is 1.84 bits per heavy atom. The minimum atomic E-state index is -1.24. The van der Waals surface area contributed by atoms with E-state index in [0.717, 1.165) is 19.3 Å². The first-order chi connectivity index (χ1) is 11.4. The van der Waals surface area contributed by atoms with Gasteiger partial charge in [-0.15, -0.1) is 0 Å². The van der Waals surface area contributed by atoms with Crippen LogP contribution in [0.1, 0.15) is 53.4 Å². The van der Waals surface area contributed by atoms with Crippen LogP contribution in [0.2, 0.25) is 25.7 Å². The lowest BCUT2D eigenvalue weighted by Crippen LogP contribution is -2.39. The average molecular weight is 361 g/mol. The highest BCUT2D eigenvalue weighted by atomic mass is 28.3. The molecule has 0 amide bonds. The Balaban J connectivity index is 3.03. The van der Waals surface area contributed by atoms with E-state index in [2.05, 4.69) is 66.6 Å². The summed E-state index contributed by atoms with van der Waals surface area (Å²) in [6.07, 6.45) is 6.23. The van der Waals surface area contributed by atoms with Gasteiger partial charge in [0.15, 0.2) is 0 Å². The monoisotopic (exact) mass is 360 g/mol. The maximum absolute atomic E-state index is 12.6. The van der Waals surface area contributed by atoms with Gasteiger partial charge in [0, 0.05) is 20.4 Å². The van der Waals surface area contributed by atoms with Crippen LogP contribution in [0.5, 0.6) is 0 Å². The van der Waals surface area contributed by atoms with Gasteiger partial charge in [-0.05, 0) is 57.8 Å². The highest BCUT2D eigenvalue weighted by Gasteiger charge is 2.40. The van der Waals surface area contributed by atoms with Crippen molar-refractivity contribution in [2.45, 2.75) is 79.1 Å². The zero-order chi connectivity index (χ0) is 19.4. The molecule has 1 rings (SSSR count). The Morgan fingerprint density at radius 3 is 2.32 bits per heavy atom. The number of carbonyl (C=O) groups is 1. The molecule has 0 aromatic rings. The molecule has 2 heteroatoms. The van der Waals surface area contributed by atoms with Crippen molar-refractivity contribution in [2.24, 2.45) is 23.7 Å². The molecule has 4 unspecified atom stereocenters. The van der Waals surface area contributed by atoms with Crippen LogP contribution in [0.15, 0.2) is 36.0 Å². The molecule has 25 heavy (non-hydrogen) atoms. The van der Waals surface area contributed by atoms with E-state index in [-0.39, 0.29) is 5.92 Å². The summed E-state index contributed by atoms with van der Waals surface area (Å²) in [5.41, 5.74) is 3.91. The van der Waals surface area contributed by atoms with Crippen LogP contribution in [0.3, 0.4) is 0 Å². The summed E-state index contributed by atoms with van der Waals surface area (Å²) in [6, 6.07) is 1.24. The molecular weight excluding hydrogens is 320 g/mol. The predicted molar refractivity (Wildman–Crippen MR) is 115 cm³/mol. The van der Waals surface area contributed by atoms with Crippen LogP contribution in [0.4, 0.5) is 0 Å². The fraction of sp³-hybridized carbons (Fsp3) is 0.696. The van der Waals surface area contributed by atoms with Crippen LogP contribution in [-0.2, 0) is 4.79 Å². The van der Waals surface area contributed by atoms with Crippen molar-refractivity contribution in [3.8, 4) is 0 Å². The summed E-state index contributed by atoms with van der Waals surface area (Å²) in [5.74, 6) is 1.88. The van der Waals surface area contributed by atoms with Gasteiger partial charge >= 0.3 is 0 Å². The van der Waals surface area contributed by atoms with Crippen molar-refractivity contribution < 1.29 is 4.79 Å². The van der Waals surface area contributed by atoms with E-state index in [1.54, 1.807) is 0 Å². The summed E-state index contributed by atoms with van der Waals surface area (Å²) in [7, 11) is -1.24. The Morgan fingerprint density at radius 1 is 1.24 bits per heavy atom.